The third-order valence-electron chi connectivity index (χ3n) is 3.18. The molecule has 1 fully saturated rings. The van der Waals surface area contributed by atoms with Crippen LogP contribution in [-0.2, 0) is 4.79 Å². The number of hydrogen-bond acceptors (Lipinski definition) is 3. The van der Waals surface area contributed by atoms with Gasteiger partial charge in [0.1, 0.15) is 6.04 Å². The van der Waals surface area contributed by atoms with Crippen molar-refractivity contribution in [1.82, 2.24) is 4.90 Å². The Morgan fingerprint density at radius 3 is 2.71 bits per heavy atom. The van der Waals surface area contributed by atoms with E-state index in [1.54, 1.807) is 0 Å². The fraction of sp³-hybridized carbons (Fsp3) is 0.500. The molecule has 1 amide bonds. The molecule has 0 unspecified atom stereocenters. The van der Waals surface area contributed by atoms with Crippen LogP contribution in [0.5, 0.6) is 0 Å². The minimum absolute atomic E-state index is 0.142. The lowest BCUT2D eigenvalue weighted by Gasteiger charge is -2.20. The third-order valence-corrected chi connectivity index (χ3v) is 4.32. The Morgan fingerprint density at radius 1 is 1.47 bits per heavy atom. The fourth-order valence-electron chi connectivity index (χ4n) is 2.09. The number of carboxylic acids is 1. The number of hydrogen-bond donors (Lipinski definition) is 1. The van der Waals surface area contributed by atoms with Gasteiger partial charge in [0.15, 0.2) is 0 Å². The average Bonchev–Trinajstić information content (AvgIpc) is 2.85. The molecule has 1 atom stereocenters. The van der Waals surface area contributed by atoms with E-state index in [0.29, 0.717) is 17.8 Å². The van der Waals surface area contributed by atoms with E-state index in [-0.39, 0.29) is 5.91 Å². The smallest absolute Gasteiger partial charge is 0.326 e. The van der Waals surface area contributed by atoms with Gasteiger partial charge in [0.2, 0.25) is 0 Å². The van der Waals surface area contributed by atoms with E-state index in [2.05, 4.69) is 0 Å². The second-order valence-corrected chi connectivity index (χ2v) is 5.60. The highest BCUT2D eigenvalue weighted by molar-refractivity contribution is 7.14. The summed E-state index contributed by atoms with van der Waals surface area (Å²) in [6, 6.07) is 1.20. The first-order valence-corrected chi connectivity index (χ1v) is 6.43. The van der Waals surface area contributed by atoms with Crippen molar-refractivity contribution in [3.63, 3.8) is 0 Å². The van der Waals surface area contributed by atoms with Crippen molar-refractivity contribution < 1.29 is 14.7 Å². The molecule has 1 aromatic heterocycles. The SMILES string of the molecule is Cc1cc(C(=O)N2CCC[C@@H]2C(=O)O)sc1C. The zero-order valence-electron chi connectivity index (χ0n) is 9.90. The molecule has 1 aliphatic heterocycles. The second kappa shape index (κ2) is 4.49. The molecular weight excluding hydrogens is 238 g/mol. The van der Waals surface area contributed by atoms with Crippen LogP contribution in [0.15, 0.2) is 6.07 Å². The molecule has 0 spiro atoms. The molecule has 0 aromatic carbocycles. The molecule has 1 aromatic rings. The van der Waals surface area contributed by atoms with Crippen LogP contribution in [0.25, 0.3) is 0 Å². The molecular formula is C12H15NO3S. The summed E-state index contributed by atoms with van der Waals surface area (Å²) < 4.78 is 0. The van der Waals surface area contributed by atoms with E-state index in [0.717, 1.165) is 16.9 Å². The van der Waals surface area contributed by atoms with Crippen LogP contribution in [0, 0.1) is 13.8 Å². The van der Waals surface area contributed by atoms with Crippen molar-refractivity contribution in [2.24, 2.45) is 0 Å². The second-order valence-electron chi connectivity index (χ2n) is 4.34. The van der Waals surface area contributed by atoms with Crippen LogP contribution in [-0.4, -0.2) is 34.5 Å². The Morgan fingerprint density at radius 2 is 2.18 bits per heavy atom. The van der Waals surface area contributed by atoms with Gasteiger partial charge < -0.3 is 10.0 Å². The van der Waals surface area contributed by atoms with Gasteiger partial charge in [-0.15, -0.1) is 11.3 Å². The molecule has 17 heavy (non-hydrogen) atoms. The van der Waals surface area contributed by atoms with E-state index in [1.165, 1.54) is 16.2 Å². The van der Waals surface area contributed by atoms with Crippen molar-refractivity contribution in [2.45, 2.75) is 32.7 Å². The number of nitrogens with zero attached hydrogens (tertiary/aromatic N) is 1. The number of carboxylic acid groups (broad SMARTS) is 1. The van der Waals surface area contributed by atoms with Gasteiger partial charge in [-0.05, 0) is 38.3 Å². The molecule has 1 N–H and O–H groups in total. The monoisotopic (exact) mass is 253 g/mol. The van der Waals surface area contributed by atoms with Crippen molar-refractivity contribution >= 4 is 23.2 Å². The van der Waals surface area contributed by atoms with Crippen molar-refractivity contribution in [2.75, 3.05) is 6.54 Å². The molecule has 0 saturated carbocycles. The maximum Gasteiger partial charge on any atom is 0.326 e. The van der Waals surface area contributed by atoms with Gasteiger partial charge in [0.25, 0.3) is 5.91 Å². The van der Waals surface area contributed by atoms with Crippen molar-refractivity contribution in [1.29, 1.82) is 0 Å². The highest BCUT2D eigenvalue weighted by atomic mass is 32.1. The van der Waals surface area contributed by atoms with Crippen molar-refractivity contribution in [3.8, 4) is 0 Å². The summed E-state index contributed by atoms with van der Waals surface area (Å²) in [4.78, 5) is 26.5. The lowest BCUT2D eigenvalue weighted by molar-refractivity contribution is -0.141. The molecule has 0 aliphatic carbocycles. The molecule has 5 heteroatoms. The van der Waals surface area contributed by atoms with Gasteiger partial charge in [0, 0.05) is 11.4 Å². The Balaban J connectivity index is 2.22. The maximum atomic E-state index is 12.2. The quantitative estimate of drug-likeness (QED) is 0.877. The first-order valence-electron chi connectivity index (χ1n) is 5.61. The Hall–Kier alpha value is -1.36. The van der Waals surface area contributed by atoms with Gasteiger partial charge in [-0.1, -0.05) is 0 Å². The number of rotatable bonds is 2. The molecule has 0 bridgehead atoms. The summed E-state index contributed by atoms with van der Waals surface area (Å²) in [5, 5.41) is 9.05. The van der Waals surface area contributed by atoms with E-state index in [9.17, 15) is 9.59 Å². The summed E-state index contributed by atoms with van der Waals surface area (Å²) >= 11 is 1.44. The molecule has 1 aliphatic rings. The van der Waals surface area contributed by atoms with Crippen LogP contribution in [0.1, 0.15) is 33.0 Å². The number of aliphatic carboxylic acids is 1. The van der Waals surface area contributed by atoms with E-state index >= 15 is 0 Å². The van der Waals surface area contributed by atoms with Crippen LogP contribution in [0.4, 0.5) is 0 Å². The summed E-state index contributed by atoms with van der Waals surface area (Å²) in [6.07, 6.45) is 1.33. The Bertz CT molecular complexity index is 447. The molecule has 92 valence electrons. The first-order chi connectivity index (χ1) is 8.00. The van der Waals surface area contributed by atoms with Gasteiger partial charge >= 0.3 is 5.97 Å². The van der Waals surface area contributed by atoms with Crippen molar-refractivity contribution in [3.05, 3.63) is 21.4 Å². The van der Waals surface area contributed by atoms with Crippen LogP contribution in [0.2, 0.25) is 0 Å². The van der Waals surface area contributed by atoms with Gasteiger partial charge in [-0.25, -0.2) is 4.79 Å². The number of carbonyl (C=O) groups excluding carboxylic acids is 1. The molecule has 1 saturated heterocycles. The molecule has 2 rings (SSSR count). The standard InChI is InChI=1S/C12H15NO3S/c1-7-6-10(17-8(7)2)11(14)13-5-3-4-9(13)12(15)16/h6,9H,3-5H2,1-2H3,(H,15,16)/t9-/m1/s1. The zero-order chi connectivity index (χ0) is 12.6. The first kappa shape index (κ1) is 12.1. The number of amides is 1. The molecule has 0 radical (unpaired) electrons. The average molecular weight is 253 g/mol. The lowest BCUT2D eigenvalue weighted by atomic mass is 10.2. The summed E-state index contributed by atoms with van der Waals surface area (Å²) in [6.45, 7) is 4.47. The minimum Gasteiger partial charge on any atom is -0.480 e. The van der Waals surface area contributed by atoms with E-state index in [1.807, 2.05) is 19.9 Å². The maximum absolute atomic E-state index is 12.2. The van der Waals surface area contributed by atoms with E-state index < -0.39 is 12.0 Å². The number of thiophene rings is 1. The van der Waals surface area contributed by atoms with Gasteiger partial charge in [-0.2, -0.15) is 0 Å². The van der Waals surface area contributed by atoms with Gasteiger partial charge in [0.05, 0.1) is 4.88 Å². The van der Waals surface area contributed by atoms with Crippen LogP contribution >= 0.6 is 11.3 Å². The summed E-state index contributed by atoms with van der Waals surface area (Å²) in [5.41, 5.74) is 1.09. The van der Waals surface area contributed by atoms with Gasteiger partial charge in [-0.3, -0.25) is 4.79 Å². The predicted octanol–water partition coefficient (Wildman–Crippen LogP) is 2.05. The Kier molecular flexibility index (Phi) is 3.19. The number of aryl methyl sites for hydroxylation is 2. The van der Waals surface area contributed by atoms with Crippen LogP contribution in [0.3, 0.4) is 0 Å². The normalized spacial score (nSPS) is 19.6. The highest BCUT2D eigenvalue weighted by Gasteiger charge is 2.34. The topological polar surface area (TPSA) is 57.6 Å². The molecule has 2 heterocycles. The van der Waals surface area contributed by atoms with E-state index in [4.69, 9.17) is 5.11 Å². The highest BCUT2D eigenvalue weighted by Crippen LogP contribution is 2.26. The van der Waals surface area contributed by atoms with Crippen LogP contribution < -0.4 is 0 Å². The lowest BCUT2D eigenvalue weighted by Crippen LogP contribution is -2.40. The number of carbonyl (C=O) groups is 2. The molecule has 4 nitrogen and oxygen atoms in total. The largest absolute Gasteiger partial charge is 0.480 e. The fourth-order valence-corrected chi connectivity index (χ4v) is 3.08. The number of likely N-dealkylation sites (tertiary alicyclic amines) is 1. The summed E-state index contributed by atoms with van der Waals surface area (Å²) in [5.74, 6) is -1.04. The predicted molar refractivity (Wildman–Crippen MR) is 65.5 cm³/mol. The summed E-state index contributed by atoms with van der Waals surface area (Å²) in [7, 11) is 0. The minimum atomic E-state index is -0.902. The Labute approximate surface area is 104 Å². The third kappa shape index (κ3) is 2.20. The zero-order valence-corrected chi connectivity index (χ0v) is 10.7.